The van der Waals surface area contributed by atoms with Crippen LogP contribution in [-0.4, -0.2) is 25.4 Å². The Balaban J connectivity index is 2.07. The molecule has 0 amide bonds. The number of aliphatic hydroxyl groups is 1. The third-order valence-corrected chi connectivity index (χ3v) is 3.78. The van der Waals surface area contributed by atoms with Crippen molar-refractivity contribution in [3.05, 3.63) is 70.8 Å². The summed E-state index contributed by atoms with van der Waals surface area (Å²) in [6, 6.07) is 11.0. The molecule has 0 bridgehead atoms. The molecule has 2 atom stereocenters. The first-order valence-electron chi connectivity index (χ1n) is 7.43. The molecule has 0 aliphatic rings. The lowest BCUT2D eigenvalue weighted by Crippen LogP contribution is -2.29. The molecule has 0 saturated heterocycles. The number of methoxy groups -OCH3 is 1. The van der Waals surface area contributed by atoms with Crippen molar-refractivity contribution in [2.45, 2.75) is 19.1 Å². The van der Waals surface area contributed by atoms with E-state index in [0.717, 1.165) is 23.3 Å². The summed E-state index contributed by atoms with van der Waals surface area (Å²) in [5.41, 5.74) is 2.40. The Labute approximate surface area is 134 Å². The maximum Gasteiger partial charge on any atom is 0.159 e. The Bertz CT molecular complexity index is 649. The highest BCUT2D eigenvalue weighted by Gasteiger charge is 2.16. The molecule has 2 rings (SSSR count). The molecule has 0 heterocycles. The smallest absolute Gasteiger partial charge is 0.159 e. The average molecular weight is 321 g/mol. The molecule has 0 fully saturated rings. The lowest BCUT2D eigenvalue weighted by molar-refractivity contribution is 0.138. The zero-order chi connectivity index (χ0) is 16.8. The molecule has 0 saturated carbocycles. The van der Waals surface area contributed by atoms with E-state index in [1.807, 2.05) is 31.2 Å². The zero-order valence-corrected chi connectivity index (χ0v) is 13.2. The molecular formula is C18H21F2NO2. The van der Waals surface area contributed by atoms with Gasteiger partial charge in [-0.3, -0.25) is 0 Å². The van der Waals surface area contributed by atoms with E-state index in [1.54, 1.807) is 0 Å². The molecule has 0 aliphatic carbocycles. The summed E-state index contributed by atoms with van der Waals surface area (Å²) in [6.07, 6.45) is -0.694. The number of benzene rings is 2. The van der Waals surface area contributed by atoms with Gasteiger partial charge in [0.25, 0.3) is 0 Å². The summed E-state index contributed by atoms with van der Waals surface area (Å²) in [5, 5.41) is 13.5. The van der Waals surface area contributed by atoms with E-state index in [0.29, 0.717) is 5.56 Å². The zero-order valence-electron chi connectivity index (χ0n) is 13.2. The molecule has 5 heteroatoms. The van der Waals surface area contributed by atoms with Crippen molar-refractivity contribution in [2.24, 2.45) is 0 Å². The van der Waals surface area contributed by atoms with E-state index in [1.165, 1.54) is 13.2 Å². The van der Waals surface area contributed by atoms with Gasteiger partial charge in [0, 0.05) is 13.7 Å². The summed E-state index contributed by atoms with van der Waals surface area (Å²) >= 11 is 0. The number of aryl methyl sites for hydroxylation is 1. The van der Waals surface area contributed by atoms with Gasteiger partial charge in [-0.25, -0.2) is 8.78 Å². The van der Waals surface area contributed by atoms with E-state index in [4.69, 9.17) is 4.74 Å². The van der Waals surface area contributed by atoms with Gasteiger partial charge in [0.05, 0.1) is 18.8 Å². The van der Waals surface area contributed by atoms with E-state index >= 15 is 0 Å². The summed E-state index contributed by atoms with van der Waals surface area (Å²) in [5.74, 6) is -1.78. The Morgan fingerprint density at radius 2 is 1.87 bits per heavy atom. The summed E-state index contributed by atoms with van der Waals surface area (Å²) in [6.45, 7) is 2.49. The van der Waals surface area contributed by atoms with Gasteiger partial charge in [0.15, 0.2) is 11.6 Å². The fraction of sp³-hybridized carbons (Fsp3) is 0.333. The maximum absolute atomic E-state index is 13.4. The highest BCUT2D eigenvalue weighted by molar-refractivity contribution is 5.28. The van der Waals surface area contributed by atoms with Crippen LogP contribution in [0.3, 0.4) is 0 Å². The highest BCUT2D eigenvalue weighted by Crippen LogP contribution is 2.20. The predicted molar refractivity (Wildman–Crippen MR) is 85.1 cm³/mol. The van der Waals surface area contributed by atoms with Crippen LogP contribution in [0.2, 0.25) is 0 Å². The third-order valence-electron chi connectivity index (χ3n) is 3.78. The molecule has 0 radical (unpaired) electrons. The number of rotatable bonds is 7. The van der Waals surface area contributed by atoms with Crippen LogP contribution in [-0.2, 0) is 4.74 Å². The fourth-order valence-electron chi connectivity index (χ4n) is 2.49. The fourth-order valence-corrected chi connectivity index (χ4v) is 2.49. The number of nitrogens with one attached hydrogen (secondary N) is 1. The minimum absolute atomic E-state index is 0.276. The van der Waals surface area contributed by atoms with Crippen LogP contribution in [0.1, 0.15) is 28.8 Å². The third kappa shape index (κ3) is 4.58. The predicted octanol–water partition coefficient (Wildman–Crippen LogP) is 3.28. The largest absolute Gasteiger partial charge is 0.387 e. The van der Waals surface area contributed by atoms with Crippen molar-refractivity contribution in [3.63, 3.8) is 0 Å². The van der Waals surface area contributed by atoms with Gasteiger partial charge in [0.2, 0.25) is 0 Å². The molecule has 2 N–H and O–H groups in total. The van der Waals surface area contributed by atoms with Gasteiger partial charge in [-0.1, -0.05) is 30.3 Å². The normalized spacial score (nSPS) is 13.8. The van der Waals surface area contributed by atoms with Gasteiger partial charge in [-0.15, -0.1) is 0 Å². The van der Waals surface area contributed by atoms with E-state index in [-0.39, 0.29) is 19.2 Å². The van der Waals surface area contributed by atoms with Crippen LogP contribution >= 0.6 is 0 Å². The van der Waals surface area contributed by atoms with Crippen LogP contribution in [0.4, 0.5) is 8.78 Å². The topological polar surface area (TPSA) is 41.5 Å². The van der Waals surface area contributed by atoms with Crippen LogP contribution in [0.5, 0.6) is 0 Å². The van der Waals surface area contributed by atoms with Crippen LogP contribution in [0, 0.1) is 18.6 Å². The SMILES string of the molecule is COCC(NCC(O)c1ccccc1C)c1ccc(F)c(F)c1. The number of hydrogen-bond acceptors (Lipinski definition) is 3. The Morgan fingerprint density at radius 3 is 2.52 bits per heavy atom. The standard InChI is InChI=1S/C18H21F2NO2/c1-12-5-3-4-6-14(12)18(22)10-21-17(11-23-2)13-7-8-15(19)16(20)9-13/h3-9,17-18,21-22H,10-11H2,1-2H3. The minimum atomic E-state index is -0.898. The van der Waals surface area contributed by atoms with Crippen LogP contribution < -0.4 is 5.32 Å². The Kier molecular flexibility index (Phi) is 6.21. The summed E-state index contributed by atoms with van der Waals surface area (Å²) in [4.78, 5) is 0. The molecule has 0 aliphatic heterocycles. The molecule has 124 valence electrons. The first kappa shape index (κ1) is 17.5. The van der Waals surface area contributed by atoms with Crippen LogP contribution in [0.15, 0.2) is 42.5 Å². The van der Waals surface area contributed by atoms with Gasteiger partial charge in [-0.2, -0.15) is 0 Å². The van der Waals surface area contributed by atoms with Crippen molar-refractivity contribution in [2.75, 3.05) is 20.3 Å². The quantitative estimate of drug-likeness (QED) is 0.822. The molecule has 0 aromatic heterocycles. The lowest BCUT2D eigenvalue weighted by atomic mass is 10.0. The highest BCUT2D eigenvalue weighted by atomic mass is 19.2. The van der Waals surface area contributed by atoms with Crippen LogP contribution in [0.25, 0.3) is 0 Å². The van der Waals surface area contributed by atoms with Crippen molar-refractivity contribution in [1.82, 2.24) is 5.32 Å². The van der Waals surface area contributed by atoms with Gasteiger partial charge >= 0.3 is 0 Å². The maximum atomic E-state index is 13.4. The monoisotopic (exact) mass is 321 g/mol. The molecule has 2 unspecified atom stereocenters. The second-order valence-corrected chi connectivity index (χ2v) is 5.46. The molecule has 3 nitrogen and oxygen atoms in total. The minimum Gasteiger partial charge on any atom is -0.387 e. The lowest BCUT2D eigenvalue weighted by Gasteiger charge is -2.21. The van der Waals surface area contributed by atoms with E-state index in [9.17, 15) is 13.9 Å². The second kappa shape index (κ2) is 8.15. The van der Waals surface area contributed by atoms with Gasteiger partial charge in [0.1, 0.15) is 0 Å². The molecule has 2 aromatic rings. The summed E-state index contributed by atoms with van der Waals surface area (Å²) < 4.78 is 31.6. The van der Waals surface area contributed by atoms with Crippen molar-refractivity contribution in [3.8, 4) is 0 Å². The van der Waals surface area contributed by atoms with Crippen molar-refractivity contribution in [1.29, 1.82) is 0 Å². The van der Waals surface area contributed by atoms with E-state index in [2.05, 4.69) is 5.32 Å². The van der Waals surface area contributed by atoms with Crippen molar-refractivity contribution < 1.29 is 18.6 Å². The molecular weight excluding hydrogens is 300 g/mol. The number of aliphatic hydroxyl groups excluding tert-OH is 1. The first-order valence-corrected chi connectivity index (χ1v) is 7.43. The van der Waals surface area contributed by atoms with E-state index < -0.39 is 17.7 Å². The Morgan fingerprint density at radius 1 is 1.13 bits per heavy atom. The Hall–Kier alpha value is -1.82. The van der Waals surface area contributed by atoms with Gasteiger partial charge < -0.3 is 15.2 Å². The van der Waals surface area contributed by atoms with Gasteiger partial charge in [-0.05, 0) is 35.7 Å². The number of halogens is 2. The molecule has 0 spiro atoms. The summed E-state index contributed by atoms with van der Waals surface area (Å²) in [7, 11) is 1.53. The number of ether oxygens (including phenoxy) is 1. The average Bonchev–Trinajstić information content (AvgIpc) is 2.54. The second-order valence-electron chi connectivity index (χ2n) is 5.46. The molecule has 2 aromatic carbocycles. The first-order chi connectivity index (χ1) is 11.0. The number of hydrogen-bond donors (Lipinski definition) is 2. The molecule has 23 heavy (non-hydrogen) atoms. The van der Waals surface area contributed by atoms with Crippen molar-refractivity contribution >= 4 is 0 Å².